The fourth-order valence-corrected chi connectivity index (χ4v) is 3.84. The fraction of sp³-hybridized carbons (Fsp3) is 0.435. The lowest BCUT2D eigenvalue weighted by atomic mass is 10.2. The molecule has 0 saturated carbocycles. The lowest BCUT2D eigenvalue weighted by molar-refractivity contribution is 0.0298. The molecular weight excluding hydrogens is 378 g/mol. The highest BCUT2D eigenvalue weighted by Gasteiger charge is 2.26. The van der Waals surface area contributed by atoms with Gasteiger partial charge in [0.1, 0.15) is 5.65 Å². The van der Waals surface area contributed by atoms with Crippen molar-refractivity contribution >= 4 is 11.6 Å². The summed E-state index contributed by atoms with van der Waals surface area (Å²) in [5, 5.41) is 0. The van der Waals surface area contributed by atoms with Crippen LogP contribution < -0.4 is 0 Å². The Labute approximate surface area is 177 Å². The molecule has 4 heterocycles. The Hall–Kier alpha value is -2.77. The van der Waals surface area contributed by atoms with Crippen molar-refractivity contribution in [3.63, 3.8) is 0 Å². The molecule has 0 atom stereocenters. The molecule has 7 heteroatoms. The molecule has 4 rings (SSSR count). The smallest absolute Gasteiger partial charge is 0.274 e. The number of imidazole rings is 1. The van der Waals surface area contributed by atoms with Crippen molar-refractivity contribution in [1.29, 1.82) is 0 Å². The van der Waals surface area contributed by atoms with E-state index < -0.39 is 0 Å². The first-order valence-corrected chi connectivity index (χ1v) is 10.5. The number of morpholine rings is 1. The third-order valence-electron chi connectivity index (χ3n) is 5.59. The van der Waals surface area contributed by atoms with Gasteiger partial charge in [-0.05, 0) is 43.7 Å². The van der Waals surface area contributed by atoms with E-state index in [2.05, 4.69) is 28.9 Å². The van der Waals surface area contributed by atoms with Crippen LogP contribution in [0.3, 0.4) is 0 Å². The molecular formula is C23H29N5O2. The third kappa shape index (κ3) is 4.22. The van der Waals surface area contributed by atoms with Crippen LogP contribution in [0.2, 0.25) is 0 Å². The van der Waals surface area contributed by atoms with Gasteiger partial charge in [0.2, 0.25) is 0 Å². The maximum Gasteiger partial charge on any atom is 0.274 e. The molecule has 1 aliphatic rings. The molecule has 0 unspecified atom stereocenters. The molecule has 3 aromatic rings. The Bertz CT molecular complexity index is 1020. The Morgan fingerprint density at radius 3 is 2.70 bits per heavy atom. The highest BCUT2D eigenvalue weighted by atomic mass is 16.5. The van der Waals surface area contributed by atoms with Crippen molar-refractivity contribution in [3.05, 3.63) is 64.9 Å². The number of nitrogens with zero attached hydrogens (tertiary/aromatic N) is 5. The highest BCUT2D eigenvalue weighted by molar-refractivity contribution is 5.94. The average Bonchev–Trinajstić information content (AvgIpc) is 3.14. The second kappa shape index (κ2) is 8.93. The lowest BCUT2D eigenvalue weighted by Crippen LogP contribution is -2.41. The number of hydrogen-bond acceptors (Lipinski definition) is 5. The van der Waals surface area contributed by atoms with Crippen molar-refractivity contribution < 1.29 is 9.53 Å². The number of hydrogen-bond donors (Lipinski definition) is 0. The molecule has 158 valence electrons. The Morgan fingerprint density at radius 1 is 1.20 bits per heavy atom. The van der Waals surface area contributed by atoms with Crippen LogP contribution in [0.5, 0.6) is 0 Å². The van der Waals surface area contributed by atoms with Gasteiger partial charge in [0.05, 0.1) is 24.6 Å². The maximum atomic E-state index is 13.3. The number of rotatable bonds is 6. The lowest BCUT2D eigenvalue weighted by Gasteiger charge is -2.26. The average molecular weight is 408 g/mol. The van der Waals surface area contributed by atoms with Gasteiger partial charge in [0, 0.05) is 38.6 Å². The largest absolute Gasteiger partial charge is 0.378 e. The molecule has 0 aliphatic carbocycles. The van der Waals surface area contributed by atoms with Crippen LogP contribution in [0.1, 0.15) is 39.9 Å². The first-order chi connectivity index (χ1) is 14.6. The number of aryl methyl sites for hydroxylation is 2. The van der Waals surface area contributed by atoms with E-state index in [4.69, 9.17) is 9.72 Å². The van der Waals surface area contributed by atoms with E-state index in [9.17, 15) is 4.79 Å². The van der Waals surface area contributed by atoms with E-state index in [1.165, 1.54) is 5.56 Å². The van der Waals surface area contributed by atoms with Crippen LogP contribution in [-0.2, 0) is 24.2 Å². The molecule has 30 heavy (non-hydrogen) atoms. The van der Waals surface area contributed by atoms with Gasteiger partial charge in [-0.15, -0.1) is 0 Å². The molecule has 3 aromatic heterocycles. The molecule has 7 nitrogen and oxygen atoms in total. The predicted molar refractivity (Wildman–Crippen MR) is 115 cm³/mol. The summed E-state index contributed by atoms with van der Waals surface area (Å²) in [6.07, 6.45) is 4.91. The Kier molecular flexibility index (Phi) is 6.11. The summed E-state index contributed by atoms with van der Waals surface area (Å²) in [6, 6.07) is 8.23. The number of carbonyl (C=O) groups excluding carboxylic acids is 1. The van der Waals surface area contributed by atoms with Gasteiger partial charge in [-0.1, -0.05) is 19.1 Å². The minimum atomic E-state index is -0.0183. The molecule has 1 saturated heterocycles. The summed E-state index contributed by atoms with van der Waals surface area (Å²) in [4.78, 5) is 26.6. The Morgan fingerprint density at radius 2 is 2.00 bits per heavy atom. The predicted octanol–water partition coefficient (Wildman–Crippen LogP) is 2.70. The Balaban J connectivity index is 1.62. The number of pyridine rings is 2. The first-order valence-electron chi connectivity index (χ1n) is 10.5. The number of amides is 1. The van der Waals surface area contributed by atoms with Crippen molar-refractivity contribution in [2.75, 3.05) is 33.4 Å². The van der Waals surface area contributed by atoms with Gasteiger partial charge in [-0.3, -0.25) is 14.7 Å². The molecule has 0 spiro atoms. The summed E-state index contributed by atoms with van der Waals surface area (Å²) < 4.78 is 7.46. The van der Waals surface area contributed by atoms with Gasteiger partial charge < -0.3 is 14.0 Å². The summed E-state index contributed by atoms with van der Waals surface area (Å²) in [5.41, 5.74) is 5.59. The third-order valence-corrected chi connectivity index (χ3v) is 5.59. The van der Waals surface area contributed by atoms with Crippen LogP contribution in [0.15, 0.2) is 36.7 Å². The molecule has 0 aromatic carbocycles. The van der Waals surface area contributed by atoms with E-state index in [0.29, 0.717) is 45.1 Å². The number of ether oxygens (including phenoxy) is 1. The number of aromatic nitrogens is 3. The summed E-state index contributed by atoms with van der Waals surface area (Å²) >= 11 is 0. The summed E-state index contributed by atoms with van der Waals surface area (Å²) in [7, 11) is 2.05. The summed E-state index contributed by atoms with van der Waals surface area (Å²) in [6.45, 7) is 7.82. The maximum absolute atomic E-state index is 13.3. The van der Waals surface area contributed by atoms with Gasteiger partial charge in [-0.2, -0.15) is 0 Å². The van der Waals surface area contributed by atoms with E-state index in [1.807, 2.05) is 47.8 Å². The van der Waals surface area contributed by atoms with Gasteiger partial charge in [0.25, 0.3) is 5.91 Å². The highest BCUT2D eigenvalue weighted by Crippen LogP contribution is 2.20. The monoisotopic (exact) mass is 407 g/mol. The molecule has 1 fully saturated rings. The van der Waals surface area contributed by atoms with Crippen LogP contribution in [0.25, 0.3) is 5.65 Å². The van der Waals surface area contributed by atoms with Crippen molar-refractivity contribution in [1.82, 2.24) is 24.2 Å². The van der Waals surface area contributed by atoms with Gasteiger partial charge in [0.15, 0.2) is 5.69 Å². The summed E-state index contributed by atoms with van der Waals surface area (Å²) in [5.74, 6) is -0.0183. The van der Waals surface area contributed by atoms with E-state index in [1.54, 1.807) is 0 Å². The molecule has 0 N–H and O–H groups in total. The van der Waals surface area contributed by atoms with Crippen LogP contribution in [0, 0.1) is 6.92 Å². The zero-order valence-corrected chi connectivity index (χ0v) is 18.0. The minimum absolute atomic E-state index is 0.0183. The number of fused-ring (bicyclic) bond motifs is 1. The van der Waals surface area contributed by atoms with Crippen LogP contribution >= 0.6 is 0 Å². The second-order valence-corrected chi connectivity index (χ2v) is 7.88. The zero-order valence-electron chi connectivity index (χ0n) is 18.0. The minimum Gasteiger partial charge on any atom is -0.378 e. The van der Waals surface area contributed by atoms with Gasteiger partial charge in [-0.25, -0.2) is 4.98 Å². The molecule has 0 radical (unpaired) electrons. The van der Waals surface area contributed by atoms with Crippen molar-refractivity contribution in [2.24, 2.45) is 0 Å². The second-order valence-electron chi connectivity index (χ2n) is 7.88. The quantitative estimate of drug-likeness (QED) is 0.629. The van der Waals surface area contributed by atoms with E-state index in [-0.39, 0.29) is 5.91 Å². The normalized spacial score (nSPS) is 14.6. The number of carbonyl (C=O) groups is 1. The van der Waals surface area contributed by atoms with Crippen LogP contribution in [-0.4, -0.2) is 63.4 Å². The first kappa shape index (κ1) is 20.5. The van der Waals surface area contributed by atoms with E-state index >= 15 is 0 Å². The SMILES string of the molecule is CCc1ccc(CN(C)Cc2c(C(=O)N3CCOCC3)nc3c(C)cccn23)nc1. The zero-order chi connectivity index (χ0) is 21.1. The van der Waals surface area contributed by atoms with Gasteiger partial charge >= 0.3 is 0 Å². The molecule has 1 aliphatic heterocycles. The van der Waals surface area contributed by atoms with Crippen molar-refractivity contribution in [3.8, 4) is 0 Å². The molecule has 1 amide bonds. The topological polar surface area (TPSA) is 63.0 Å². The van der Waals surface area contributed by atoms with Crippen molar-refractivity contribution in [2.45, 2.75) is 33.4 Å². The van der Waals surface area contributed by atoms with E-state index in [0.717, 1.165) is 29.0 Å². The van der Waals surface area contributed by atoms with Crippen LogP contribution in [0.4, 0.5) is 0 Å². The molecule has 0 bridgehead atoms. The fourth-order valence-electron chi connectivity index (χ4n) is 3.84. The standard InChI is InChI=1S/C23H29N5O2/c1-4-18-7-8-19(24-14-18)15-26(3)16-20-21(23(29)27-10-12-30-13-11-27)25-22-17(2)6-5-9-28(20)22/h5-9,14H,4,10-13,15-16H2,1-3H3.